The molecule has 7 nitrogen and oxygen atoms in total. The predicted molar refractivity (Wildman–Crippen MR) is 128 cm³/mol. The number of fused-ring (bicyclic) bond motifs is 1. The summed E-state index contributed by atoms with van der Waals surface area (Å²) in [6, 6.07) is 9.66. The Morgan fingerprint density at radius 3 is 2.72 bits per heavy atom. The van der Waals surface area contributed by atoms with Crippen LogP contribution in [-0.4, -0.2) is 65.5 Å². The number of hydrogen-bond donors (Lipinski definition) is 1. The zero-order chi connectivity index (χ0) is 22.5. The quantitative estimate of drug-likeness (QED) is 0.503. The average molecular weight is 435 g/mol. The third-order valence-electron chi connectivity index (χ3n) is 5.94. The van der Waals surface area contributed by atoms with Crippen LogP contribution in [0.15, 0.2) is 42.7 Å². The number of pyridine rings is 2. The molecule has 1 aliphatic rings. The van der Waals surface area contributed by atoms with E-state index in [1.54, 1.807) is 6.20 Å². The second kappa shape index (κ2) is 10.1. The highest BCUT2D eigenvalue weighted by Gasteiger charge is 2.27. The van der Waals surface area contributed by atoms with Gasteiger partial charge in [0.1, 0.15) is 11.5 Å². The molecule has 170 valence electrons. The molecule has 3 aromatic heterocycles. The predicted octanol–water partition coefficient (Wildman–Crippen LogP) is 3.04. The molecule has 3 heterocycles. The molecule has 3 aromatic rings. The first-order chi connectivity index (χ1) is 15.5. The lowest BCUT2D eigenvalue weighted by atomic mass is 10.2. The molecule has 0 bridgehead atoms. The summed E-state index contributed by atoms with van der Waals surface area (Å²) in [5, 5.41) is 3.03. The molecule has 1 amide bonds. The minimum Gasteiger partial charge on any atom is -0.355 e. The smallest absolute Gasteiger partial charge is 0.252 e. The fourth-order valence-corrected chi connectivity index (χ4v) is 3.96. The van der Waals surface area contributed by atoms with Crippen molar-refractivity contribution >= 4 is 17.4 Å². The van der Waals surface area contributed by atoms with Crippen LogP contribution in [0.1, 0.15) is 41.5 Å². The van der Waals surface area contributed by atoms with Crippen molar-refractivity contribution in [3.63, 3.8) is 0 Å². The highest BCUT2D eigenvalue weighted by Crippen LogP contribution is 2.33. The second-order valence-electron chi connectivity index (χ2n) is 8.90. The minimum atomic E-state index is -0.0671. The van der Waals surface area contributed by atoms with Crippen molar-refractivity contribution < 1.29 is 4.79 Å². The molecular weight excluding hydrogens is 400 g/mol. The molecule has 1 N–H and O–H groups in total. The van der Waals surface area contributed by atoms with E-state index < -0.39 is 0 Å². The Morgan fingerprint density at radius 2 is 2.03 bits per heavy atom. The number of rotatable bonds is 11. The fraction of sp³-hybridized carbons (Fsp3) is 0.480. The molecule has 0 spiro atoms. The number of nitrogens with zero attached hydrogens (tertiary/aromatic N) is 5. The van der Waals surface area contributed by atoms with E-state index >= 15 is 0 Å². The standard InChI is InChI=1S/C25H34N6O/c1-4-22-25(30(16-15-29(2)3)17-19-8-9-19)31-18-20(10-11-23(31)28-22)24(32)27-14-12-21-7-5-6-13-26-21/h5-7,10-11,13,18-19H,4,8-9,12,14-17H2,1-3H3,(H,27,32). The lowest BCUT2D eigenvalue weighted by Crippen LogP contribution is -2.34. The summed E-state index contributed by atoms with van der Waals surface area (Å²) in [7, 11) is 4.22. The van der Waals surface area contributed by atoms with Gasteiger partial charge in [-0.3, -0.25) is 14.2 Å². The van der Waals surface area contributed by atoms with Crippen molar-refractivity contribution in [3.8, 4) is 0 Å². The lowest BCUT2D eigenvalue weighted by molar-refractivity contribution is 0.0953. The Labute approximate surface area is 190 Å². The molecule has 0 atom stereocenters. The maximum Gasteiger partial charge on any atom is 0.252 e. The van der Waals surface area contributed by atoms with Crippen LogP contribution >= 0.6 is 0 Å². The Bertz CT molecular complexity index is 1040. The monoisotopic (exact) mass is 434 g/mol. The summed E-state index contributed by atoms with van der Waals surface area (Å²) in [4.78, 5) is 26.7. The summed E-state index contributed by atoms with van der Waals surface area (Å²) in [6.45, 7) is 5.69. The summed E-state index contributed by atoms with van der Waals surface area (Å²) >= 11 is 0. The number of carbonyl (C=O) groups is 1. The fourth-order valence-electron chi connectivity index (χ4n) is 3.96. The molecule has 0 unspecified atom stereocenters. The van der Waals surface area contributed by atoms with Crippen molar-refractivity contribution in [3.05, 3.63) is 59.7 Å². The second-order valence-corrected chi connectivity index (χ2v) is 8.90. The molecule has 1 saturated carbocycles. The van der Waals surface area contributed by atoms with Crippen LogP contribution in [0.3, 0.4) is 0 Å². The Kier molecular flexibility index (Phi) is 7.05. The van der Waals surface area contributed by atoms with Crippen molar-refractivity contribution in [2.75, 3.05) is 45.2 Å². The van der Waals surface area contributed by atoms with E-state index in [9.17, 15) is 4.79 Å². The molecule has 1 aliphatic carbocycles. The van der Waals surface area contributed by atoms with Gasteiger partial charge in [-0.2, -0.15) is 0 Å². The molecule has 1 fully saturated rings. The first-order valence-electron chi connectivity index (χ1n) is 11.6. The van der Waals surface area contributed by atoms with E-state index in [2.05, 4.69) is 45.5 Å². The van der Waals surface area contributed by atoms with Crippen molar-refractivity contribution in [2.45, 2.75) is 32.6 Å². The molecule has 0 radical (unpaired) electrons. The van der Waals surface area contributed by atoms with Gasteiger partial charge >= 0.3 is 0 Å². The van der Waals surface area contributed by atoms with Crippen LogP contribution in [0.25, 0.3) is 5.65 Å². The van der Waals surface area contributed by atoms with Gasteiger partial charge in [0.15, 0.2) is 0 Å². The largest absolute Gasteiger partial charge is 0.355 e. The third-order valence-corrected chi connectivity index (χ3v) is 5.94. The molecule has 32 heavy (non-hydrogen) atoms. The Balaban J connectivity index is 1.55. The van der Waals surface area contributed by atoms with Crippen molar-refractivity contribution in [1.82, 2.24) is 24.6 Å². The Hall–Kier alpha value is -2.93. The van der Waals surface area contributed by atoms with Crippen LogP contribution in [0.4, 0.5) is 5.82 Å². The van der Waals surface area contributed by atoms with E-state index in [4.69, 9.17) is 4.98 Å². The van der Waals surface area contributed by atoms with Crippen LogP contribution in [0.2, 0.25) is 0 Å². The van der Waals surface area contributed by atoms with Gasteiger partial charge in [-0.05, 0) is 63.5 Å². The van der Waals surface area contributed by atoms with E-state index in [-0.39, 0.29) is 5.91 Å². The zero-order valence-corrected chi connectivity index (χ0v) is 19.4. The van der Waals surface area contributed by atoms with E-state index in [1.165, 1.54) is 12.8 Å². The number of aryl methyl sites for hydroxylation is 1. The van der Waals surface area contributed by atoms with Crippen LogP contribution in [-0.2, 0) is 12.8 Å². The van der Waals surface area contributed by atoms with E-state index in [1.807, 2.05) is 36.5 Å². The molecule has 0 aliphatic heterocycles. The number of nitrogens with one attached hydrogen (secondary N) is 1. The number of carbonyl (C=O) groups excluding carboxylic acids is 1. The number of likely N-dealkylation sites (N-methyl/N-ethyl adjacent to an activating group) is 1. The maximum atomic E-state index is 12.9. The van der Waals surface area contributed by atoms with Gasteiger partial charge in [0, 0.05) is 50.7 Å². The number of aromatic nitrogens is 3. The molecule has 0 aromatic carbocycles. The number of imidazole rings is 1. The summed E-state index contributed by atoms with van der Waals surface area (Å²) in [5.41, 5.74) is 3.62. The van der Waals surface area contributed by atoms with Crippen molar-refractivity contribution in [2.24, 2.45) is 5.92 Å². The number of amides is 1. The van der Waals surface area contributed by atoms with Gasteiger partial charge in [0.2, 0.25) is 0 Å². The molecule has 7 heteroatoms. The summed E-state index contributed by atoms with van der Waals surface area (Å²) < 4.78 is 2.12. The minimum absolute atomic E-state index is 0.0671. The number of anilines is 1. The van der Waals surface area contributed by atoms with Gasteiger partial charge in [-0.1, -0.05) is 13.0 Å². The van der Waals surface area contributed by atoms with Crippen molar-refractivity contribution in [1.29, 1.82) is 0 Å². The van der Waals surface area contributed by atoms with Gasteiger partial charge in [-0.25, -0.2) is 4.98 Å². The highest BCUT2D eigenvalue weighted by molar-refractivity contribution is 5.94. The third kappa shape index (κ3) is 5.46. The van der Waals surface area contributed by atoms with Gasteiger partial charge in [0.25, 0.3) is 5.91 Å². The van der Waals surface area contributed by atoms with Gasteiger partial charge in [0.05, 0.1) is 11.3 Å². The van der Waals surface area contributed by atoms with Crippen LogP contribution in [0.5, 0.6) is 0 Å². The molecule has 0 saturated heterocycles. The Morgan fingerprint density at radius 1 is 1.19 bits per heavy atom. The lowest BCUT2D eigenvalue weighted by Gasteiger charge is -2.27. The van der Waals surface area contributed by atoms with Crippen LogP contribution < -0.4 is 10.2 Å². The number of hydrogen-bond acceptors (Lipinski definition) is 5. The first-order valence-corrected chi connectivity index (χ1v) is 11.6. The van der Waals surface area contributed by atoms with E-state index in [0.717, 1.165) is 54.8 Å². The zero-order valence-electron chi connectivity index (χ0n) is 19.4. The topological polar surface area (TPSA) is 65.8 Å². The maximum absolute atomic E-state index is 12.9. The van der Waals surface area contributed by atoms with Gasteiger partial charge in [-0.15, -0.1) is 0 Å². The van der Waals surface area contributed by atoms with Crippen LogP contribution in [0, 0.1) is 5.92 Å². The summed E-state index contributed by atoms with van der Waals surface area (Å²) in [5.74, 6) is 1.84. The molecule has 4 rings (SSSR count). The highest BCUT2D eigenvalue weighted by atomic mass is 16.1. The first kappa shape index (κ1) is 22.3. The SMILES string of the molecule is CCc1nc2ccc(C(=O)NCCc3ccccn3)cn2c1N(CCN(C)C)CC1CC1. The van der Waals surface area contributed by atoms with Gasteiger partial charge < -0.3 is 15.1 Å². The average Bonchev–Trinajstić information content (AvgIpc) is 3.54. The normalized spacial score (nSPS) is 13.6. The van der Waals surface area contributed by atoms with E-state index in [0.29, 0.717) is 18.5 Å². The molecular formula is C25H34N6O. The summed E-state index contributed by atoms with van der Waals surface area (Å²) in [6.07, 6.45) is 7.92.